The van der Waals surface area contributed by atoms with Gasteiger partial charge in [-0.1, -0.05) is 23.2 Å². The normalized spacial score (nSPS) is 10.5. The van der Waals surface area contributed by atoms with Gasteiger partial charge in [-0.05, 0) is 36.8 Å². The SMILES string of the molecule is Cc1cc(N)cc(C(=O)Nc2c(Cl)cc(F)cc2Cl)c1F. The molecular weight excluding hydrogens is 321 g/mol. The van der Waals surface area contributed by atoms with Gasteiger partial charge in [0.1, 0.15) is 11.6 Å². The van der Waals surface area contributed by atoms with Crippen molar-refractivity contribution in [3.63, 3.8) is 0 Å². The van der Waals surface area contributed by atoms with E-state index in [0.717, 1.165) is 12.1 Å². The number of nitrogen functional groups attached to an aromatic ring is 1. The molecule has 0 fully saturated rings. The molecule has 110 valence electrons. The van der Waals surface area contributed by atoms with Crippen LogP contribution in [0.15, 0.2) is 24.3 Å². The lowest BCUT2D eigenvalue weighted by Crippen LogP contribution is -2.15. The Morgan fingerprint density at radius 3 is 2.29 bits per heavy atom. The number of anilines is 2. The fraction of sp³-hybridized carbons (Fsp3) is 0.0714. The van der Waals surface area contributed by atoms with Crippen LogP contribution in [-0.4, -0.2) is 5.91 Å². The van der Waals surface area contributed by atoms with Crippen molar-refractivity contribution in [3.8, 4) is 0 Å². The first kappa shape index (κ1) is 15.5. The van der Waals surface area contributed by atoms with Gasteiger partial charge in [0.05, 0.1) is 21.3 Å². The maximum absolute atomic E-state index is 14.0. The monoisotopic (exact) mass is 330 g/mol. The predicted molar refractivity (Wildman–Crippen MR) is 79.9 cm³/mol. The number of rotatable bonds is 2. The molecule has 2 aromatic rings. The minimum atomic E-state index is -0.779. The topological polar surface area (TPSA) is 55.1 Å². The second kappa shape index (κ2) is 5.87. The molecule has 0 radical (unpaired) electrons. The van der Waals surface area contributed by atoms with E-state index in [-0.39, 0.29) is 32.5 Å². The van der Waals surface area contributed by atoms with E-state index in [4.69, 9.17) is 28.9 Å². The molecule has 0 aliphatic rings. The Morgan fingerprint density at radius 1 is 1.14 bits per heavy atom. The first-order valence-electron chi connectivity index (χ1n) is 5.81. The lowest BCUT2D eigenvalue weighted by Gasteiger charge is -2.11. The van der Waals surface area contributed by atoms with E-state index < -0.39 is 17.5 Å². The van der Waals surface area contributed by atoms with Gasteiger partial charge < -0.3 is 11.1 Å². The molecule has 3 nitrogen and oxygen atoms in total. The molecule has 21 heavy (non-hydrogen) atoms. The van der Waals surface area contributed by atoms with E-state index in [1.54, 1.807) is 0 Å². The number of hydrogen-bond acceptors (Lipinski definition) is 2. The smallest absolute Gasteiger partial charge is 0.258 e. The van der Waals surface area contributed by atoms with Crippen molar-refractivity contribution >= 4 is 40.5 Å². The minimum absolute atomic E-state index is 0.00390. The number of hydrogen-bond donors (Lipinski definition) is 2. The van der Waals surface area contributed by atoms with Crippen molar-refractivity contribution in [3.05, 3.63) is 57.1 Å². The summed E-state index contributed by atoms with van der Waals surface area (Å²) in [5.41, 5.74) is 5.83. The van der Waals surface area contributed by atoms with Crippen LogP contribution in [0.1, 0.15) is 15.9 Å². The molecule has 0 aliphatic carbocycles. The molecular formula is C14H10Cl2F2N2O. The van der Waals surface area contributed by atoms with Crippen LogP contribution in [0.4, 0.5) is 20.2 Å². The molecule has 0 aliphatic heterocycles. The third-order valence-electron chi connectivity index (χ3n) is 2.77. The van der Waals surface area contributed by atoms with Crippen LogP contribution < -0.4 is 11.1 Å². The zero-order valence-electron chi connectivity index (χ0n) is 10.8. The van der Waals surface area contributed by atoms with Crippen LogP contribution >= 0.6 is 23.2 Å². The third-order valence-corrected chi connectivity index (χ3v) is 3.36. The first-order valence-corrected chi connectivity index (χ1v) is 6.56. The highest BCUT2D eigenvalue weighted by molar-refractivity contribution is 6.40. The largest absolute Gasteiger partial charge is 0.399 e. The van der Waals surface area contributed by atoms with Gasteiger partial charge in [0.2, 0.25) is 0 Å². The number of nitrogens with one attached hydrogen (secondary N) is 1. The summed E-state index contributed by atoms with van der Waals surface area (Å²) in [7, 11) is 0. The number of nitrogens with two attached hydrogens (primary N) is 1. The summed E-state index contributed by atoms with van der Waals surface area (Å²) in [6.45, 7) is 1.49. The van der Waals surface area contributed by atoms with Gasteiger partial charge in [-0.3, -0.25) is 4.79 Å². The van der Waals surface area contributed by atoms with E-state index in [1.807, 2.05) is 0 Å². The van der Waals surface area contributed by atoms with E-state index in [2.05, 4.69) is 5.32 Å². The molecule has 0 spiro atoms. The zero-order valence-corrected chi connectivity index (χ0v) is 12.3. The van der Waals surface area contributed by atoms with Gasteiger partial charge in [0, 0.05) is 5.69 Å². The maximum Gasteiger partial charge on any atom is 0.258 e. The Kier molecular flexibility index (Phi) is 4.34. The molecule has 0 unspecified atom stereocenters. The van der Waals surface area contributed by atoms with Gasteiger partial charge in [0.15, 0.2) is 0 Å². The zero-order chi connectivity index (χ0) is 15.7. The number of amides is 1. The van der Waals surface area contributed by atoms with E-state index in [1.165, 1.54) is 19.1 Å². The molecule has 0 heterocycles. The summed E-state index contributed by atoms with van der Waals surface area (Å²) in [6.07, 6.45) is 0. The lowest BCUT2D eigenvalue weighted by atomic mass is 10.1. The van der Waals surface area contributed by atoms with Crippen LogP contribution in [0.2, 0.25) is 10.0 Å². The molecule has 7 heteroatoms. The highest BCUT2D eigenvalue weighted by Crippen LogP contribution is 2.32. The van der Waals surface area contributed by atoms with Crippen LogP contribution in [0.5, 0.6) is 0 Å². The van der Waals surface area contributed by atoms with E-state index >= 15 is 0 Å². The summed E-state index contributed by atoms with van der Waals surface area (Å²) in [5, 5.41) is 2.18. The maximum atomic E-state index is 14.0. The van der Waals surface area contributed by atoms with Crippen molar-refractivity contribution in [2.45, 2.75) is 6.92 Å². The fourth-order valence-corrected chi connectivity index (χ4v) is 2.36. The summed E-state index contributed by atoms with van der Waals surface area (Å²) >= 11 is 11.6. The van der Waals surface area contributed by atoms with E-state index in [0.29, 0.717) is 0 Å². The predicted octanol–water partition coefficient (Wildman–Crippen LogP) is 4.41. The summed E-state index contributed by atoms with van der Waals surface area (Å²) < 4.78 is 27.0. The van der Waals surface area contributed by atoms with Gasteiger partial charge in [-0.15, -0.1) is 0 Å². The number of carbonyl (C=O) groups excluding carboxylic acids is 1. The van der Waals surface area contributed by atoms with Gasteiger partial charge in [0.25, 0.3) is 5.91 Å². The molecule has 3 N–H and O–H groups in total. The molecule has 0 saturated heterocycles. The van der Waals surface area contributed by atoms with Gasteiger partial charge >= 0.3 is 0 Å². The van der Waals surface area contributed by atoms with Crippen LogP contribution in [0.25, 0.3) is 0 Å². The number of halogens is 4. The van der Waals surface area contributed by atoms with Crippen molar-refractivity contribution in [2.75, 3.05) is 11.1 Å². The second-order valence-corrected chi connectivity index (χ2v) is 5.21. The van der Waals surface area contributed by atoms with Crippen molar-refractivity contribution < 1.29 is 13.6 Å². The Bertz CT molecular complexity index is 712. The highest BCUT2D eigenvalue weighted by atomic mass is 35.5. The average molecular weight is 331 g/mol. The Morgan fingerprint density at radius 2 is 1.71 bits per heavy atom. The number of aryl methyl sites for hydroxylation is 1. The molecule has 0 atom stereocenters. The quantitative estimate of drug-likeness (QED) is 0.801. The Balaban J connectivity index is 2.40. The summed E-state index contributed by atoms with van der Waals surface area (Å²) in [4.78, 5) is 12.1. The van der Waals surface area contributed by atoms with Crippen molar-refractivity contribution in [1.29, 1.82) is 0 Å². The molecule has 2 aromatic carbocycles. The molecule has 2 rings (SSSR count). The highest BCUT2D eigenvalue weighted by Gasteiger charge is 2.18. The molecule has 1 amide bonds. The van der Waals surface area contributed by atoms with Gasteiger partial charge in [-0.2, -0.15) is 0 Å². The number of carbonyl (C=O) groups is 1. The number of benzene rings is 2. The molecule has 0 saturated carbocycles. The molecule has 0 aromatic heterocycles. The van der Waals surface area contributed by atoms with Gasteiger partial charge in [-0.25, -0.2) is 8.78 Å². The van der Waals surface area contributed by atoms with Crippen LogP contribution in [0.3, 0.4) is 0 Å². The molecule has 0 bridgehead atoms. The standard InChI is InChI=1S/C14H10Cl2F2N2O/c1-6-2-8(19)5-9(12(6)18)14(21)20-13-10(15)3-7(17)4-11(13)16/h2-5H,19H2,1H3,(H,20,21). The van der Waals surface area contributed by atoms with Crippen molar-refractivity contribution in [1.82, 2.24) is 0 Å². The fourth-order valence-electron chi connectivity index (χ4n) is 1.81. The first-order chi connectivity index (χ1) is 9.79. The summed E-state index contributed by atoms with van der Waals surface area (Å²) in [5.74, 6) is -2.12. The summed E-state index contributed by atoms with van der Waals surface area (Å²) in [6, 6.07) is 4.58. The third kappa shape index (κ3) is 3.25. The van der Waals surface area contributed by atoms with Crippen LogP contribution in [-0.2, 0) is 0 Å². The second-order valence-electron chi connectivity index (χ2n) is 4.40. The van der Waals surface area contributed by atoms with Crippen LogP contribution in [0, 0.1) is 18.6 Å². The Labute approximate surface area is 129 Å². The van der Waals surface area contributed by atoms with Crippen molar-refractivity contribution in [2.24, 2.45) is 0 Å². The lowest BCUT2D eigenvalue weighted by molar-refractivity contribution is 0.102. The average Bonchev–Trinajstić information content (AvgIpc) is 2.37. The minimum Gasteiger partial charge on any atom is -0.399 e. The van der Waals surface area contributed by atoms with E-state index in [9.17, 15) is 13.6 Å². The Hall–Kier alpha value is -1.85.